The summed E-state index contributed by atoms with van der Waals surface area (Å²) in [6, 6.07) is 12.8. The zero-order chi connectivity index (χ0) is 18.1. The van der Waals surface area contributed by atoms with Crippen LogP contribution in [0.15, 0.2) is 52.4 Å². The highest BCUT2D eigenvalue weighted by Crippen LogP contribution is 2.16. The minimum Gasteiger partial charge on any atom is -0.296 e. The van der Waals surface area contributed by atoms with Crippen molar-refractivity contribution >= 4 is 23.0 Å². The summed E-state index contributed by atoms with van der Waals surface area (Å²) in [4.78, 5) is 29.3. The molecule has 6 nitrogen and oxygen atoms in total. The number of carbonyl (C=O) groups is 1. The number of fused-ring (bicyclic) bond motifs is 2. The minimum atomic E-state index is -0.335. The number of benzene rings is 2. The van der Waals surface area contributed by atoms with Gasteiger partial charge in [0.05, 0.1) is 17.1 Å². The van der Waals surface area contributed by atoms with Crippen LogP contribution < -0.4 is 11.0 Å². The third-order valence-electron chi connectivity index (χ3n) is 4.50. The van der Waals surface area contributed by atoms with E-state index in [0.29, 0.717) is 23.0 Å². The molecule has 0 aliphatic carbocycles. The van der Waals surface area contributed by atoms with Gasteiger partial charge in [-0.2, -0.15) is 5.10 Å². The summed E-state index contributed by atoms with van der Waals surface area (Å²) < 4.78 is 1.72. The zero-order valence-electron chi connectivity index (χ0n) is 14.4. The Morgan fingerprint density at radius 3 is 3.00 bits per heavy atom. The van der Waals surface area contributed by atoms with Crippen molar-refractivity contribution in [1.82, 2.24) is 15.0 Å². The number of hydrogen-bond donors (Lipinski definition) is 1. The van der Waals surface area contributed by atoms with Crippen LogP contribution in [0.1, 0.15) is 33.7 Å². The Morgan fingerprint density at radius 2 is 2.15 bits per heavy atom. The molecule has 130 valence electrons. The van der Waals surface area contributed by atoms with Crippen molar-refractivity contribution in [3.63, 3.8) is 0 Å². The van der Waals surface area contributed by atoms with Crippen LogP contribution in [0, 0.1) is 6.92 Å². The van der Waals surface area contributed by atoms with Gasteiger partial charge in [-0.05, 0) is 37.1 Å². The molecule has 0 spiro atoms. The summed E-state index contributed by atoms with van der Waals surface area (Å²) >= 11 is 0. The summed E-state index contributed by atoms with van der Waals surface area (Å²) in [5.41, 5.74) is 5.50. The predicted molar refractivity (Wildman–Crippen MR) is 101 cm³/mol. The van der Waals surface area contributed by atoms with E-state index < -0.39 is 0 Å². The molecule has 26 heavy (non-hydrogen) atoms. The normalized spacial score (nSPS) is 13.3. The molecule has 1 N–H and O–H groups in total. The average Bonchev–Trinajstić information content (AvgIpc) is 3.10. The van der Waals surface area contributed by atoms with E-state index >= 15 is 0 Å². The number of amides is 1. The smallest absolute Gasteiger partial charge is 0.271 e. The van der Waals surface area contributed by atoms with Gasteiger partial charge >= 0.3 is 0 Å². The molecule has 0 saturated heterocycles. The van der Waals surface area contributed by atoms with E-state index in [9.17, 15) is 9.59 Å². The number of aryl methyl sites for hydroxylation is 2. The van der Waals surface area contributed by atoms with Gasteiger partial charge in [-0.15, -0.1) is 0 Å². The van der Waals surface area contributed by atoms with Gasteiger partial charge in [-0.3, -0.25) is 14.2 Å². The second kappa shape index (κ2) is 6.55. The zero-order valence-corrected chi connectivity index (χ0v) is 14.4. The van der Waals surface area contributed by atoms with Crippen LogP contribution in [0.25, 0.3) is 10.9 Å². The quantitative estimate of drug-likeness (QED) is 0.584. The summed E-state index contributed by atoms with van der Waals surface area (Å²) in [5.74, 6) is 0.454. The van der Waals surface area contributed by atoms with E-state index in [-0.39, 0.29) is 11.5 Å². The Bertz CT molecular complexity index is 1100. The maximum absolute atomic E-state index is 12.5. The summed E-state index contributed by atoms with van der Waals surface area (Å²) in [5, 5.41) is 4.54. The lowest BCUT2D eigenvalue weighted by Gasteiger charge is -2.06. The highest BCUT2D eigenvalue weighted by atomic mass is 16.2. The monoisotopic (exact) mass is 346 g/mol. The molecule has 3 aromatic rings. The van der Waals surface area contributed by atoms with Gasteiger partial charge < -0.3 is 0 Å². The molecule has 0 fully saturated rings. The van der Waals surface area contributed by atoms with E-state index in [2.05, 4.69) is 15.5 Å². The molecule has 0 radical (unpaired) electrons. The van der Waals surface area contributed by atoms with Crippen LogP contribution in [0.5, 0.6) is 0 Å². The van der Waals surface area contributed by atoms with Gasteiger partial charge in [-0.1, -0.05) is 29.8 Å². The SMILES string of the molecule is Cc1cccc(/C=N\NC(=O)c2ccc3c(=O)n4c(nc3c2)CCC4)c1. The van der Waals surface area contributed by atoms with Crippen molar-refractivity contribution in [2.75, 3.05) is 0 Å². The van der Waals surface area contributed by atoms with Crippen molar-refractivity contribution in [1.29, 1.82) is 0 Å². The lowest BCUT2D eigenvalue weighted by Crippen LogP contribution is -2.22. The number of rotatable bonds is 3. The lowest BCUT2D eigenvalue weighted by molar-refractivity contribution is 0.0955. The average molecular weight is 346 g/mol. The maximum atomic E-state index is 12.5. The van der Waals surface area contributed by atoms with Crippen molar-refractivity contribution in [2.45, 2.75) is 26.3 Å². The molecular formula is C20H18N4O2. The number of nitrogens with one attached hydrogen (secondary N) is 1. The Balaban J connectivity index is 1.57. The molecular weight excluding hydrogens is 328 g/mol. The Kier molecular flexibility index (Phi) is 4.08. The Morgan fingerprint density at radius 1 is 1.27 bits per heavy atom. The van der Waals surface area contributed by atoms with E-state index in [0.717, 1.165) is 29.8 Å². The summed E-state index contributed by atoms with van der Waals surface area (Å²) in [6.07, 6.45) is 3.32. The molecule has 1 aliphatic rings. The fourth-order valence-corrected chi connectivity index (χ4v) is 3.21. The molecule has 0 saturated carbocycles. The number of aromatic nitrogens is 2. The van der Waals surface area contributed by atoms with E-state index in [1.807, 2.05) is 31.2 Å². The number of hydrogen-bond acceptors (Lipinski definition) is 4. The third kappa shape index (κ3) is 3.01. The Hall–Kier alpha value is -3.28. The topological polar surface area (TPSA) is 76.3 Å². The highest BCUT2D eigenvalue weighted by Gasteiger charge is 2.16. The molecule has 1 aliphatic heterocycles. The third-order valence-corrected chi connectivity index (χ3v) is 4.50. The minimum absolute atomic E-state index is 0.0353. The standard InChI is InChI=1S/C20H18N4O2/c1-13-4-2-5-14(10-13)12-21-23-19(25)15-7-8-16-17(11-15)22-18-6-3-9-24(18)20(16)26/h2,4-5,7-8,10-12H,3,6,9H2,1H3,(H,23,25)/b21-12-. The molecule has 0 atom stereocenters. The van der Waals surface area contributed by atoms with Gasteiger partial charge in [0, 0.05) is 18.5 Å². The summed E-state index contributed by atoms with van der Waals surface area (Å²) in [6.45, 7) is 2.71. The molecule has 4 rings (SSSR count). The first kappa shape index (κ1) is 16.2. The molecule has 0 bridgehead atoms. The number of nitrogens with zero attached hydrogens (tertiary/aromatic N) is 3. The Labute approximate surface area is 150 Å². The molecule has 6 heteroatoms. The van der Waals surface area contributed by atoms with E-state index in [1.54, 1.807) is 29.0 Å². The van der Waals surface area contributed by atoms with Gasteiger partial charge in [0.15, 0.2) is 0 Å². The van der Waals surface area contributed by atoms with Crippen LogP contribution in [-0.4, -0.2) is 21.7 Å². The van der Waals surface area contributed by atoms with Crippen molar-refractivity contribution < 1.29 is 4.79 Å². The van der Waals surface area contributed by atoms with E-state index in [4.69, 9.17) is 0 Å². The fourth-order valence-electron chi connectivity index (χ4n) is 3.21. The highest BCUT2D eigenvalue weighted by molar-refractivity contribution is 5.98. The molecule has 2 heterocycles. The van der Waals surface area contributed by atoms with Crippen molar-refractivity contribution in [3.05, 3.63) is 75.3 Å². The second-order valence-electron chi connectivity index (χ2n) is 6.43. The molecule has 2 aromatic carbocycles. The largest absolute Gasteiger partial charge is 0.296 e. The summed E-state index contributed by atoms with van der Waals surface area (Å²) in [7, 11) is 0. The van der Waals surface area contributed by atoms with Crippen LogP contribution >= 0.6 is 0 Å². The van der Waals surface area contributed by atoms with E-state index in [1.165, 1.54) is 0 Å². The number of carbonyl (C=O) groups excluding carboxylic acids is 1. The van der Waals surface area contributed by atoms with Crippen molar-refractivity contribution in [2.24, 2.45) is 5.10 Å². The fraction of sp³-hybridized carbons (Fsp3) is 0.200. The van der Waals surface area contributed by atoms with Crippen LogP contribution in [0.3, 0.4) is 0 Å². The molecule has 1 aromatic heterocycles. The van der Waals surface area contributed by atoms with Gasteiger partial charge in [0.25, 0.3) is 11.5 Å². The van der Waals surface area contributed by atoms with Gasteiger partial charge in [0.2, 0.25) is 0 Å². The first-order valence-electron chi connectivity index (χ1n) is 8.55. The molecule has 0 unspecified atom stereocenters. The lowest BCUT2D eigenvalue weighted by atomic mass is 10.1. The van der Waals surface area contributed by atoms with Gasteiger partial charge in [0.1, 0.15) is 5.82 Å². The van der Waals surface area contributed by atoms with Crippen LogP contribution in [-0.2, 0) is 13.0 Å². The first-order valence-corrected chi connectivity index (χ1v) is 8.55. The van der Waals surface area contributed by atoms with Gasteiger partial charge in [-0.25, -0.2) is 10.4 Å². The first-order chi connectivity index (χ1) is 12.6. The maximum Gasteiger partial charge on any atom is 0.271 e. The number of hydrazone groups is 1. The van der Waals surface area contributed by atoms with Crippen molar-refractivity contribution in [3.8, 4) is 0 Å². The van der Waals surface area contributed by atoms with Crippen LogP contribution in [0.2, 0.25) is 0 Å². The second-order valence-corrected chi connectivity index (χ2v) is 6.43. The molecule has 1 amide bonds. The predicted octanol–water partition coefficient (Wildman–Crippen LogP) is 2.42. The van der Waals surface area contributed by atoms with Crippen LogP contribution in [0.4, 0.5) is 0 Å².